The molecule has 0 spiro atoms. The molecule has 1 atom stereocenters. The van der Waals surface area contributed by atoms with Crippen molar-refractivity contribution in [2.24, 2.45) is 0 Å². The molecule has 2 heterocycles. The molecule has 4 heteroatoms. The van der Waals surface area contributed by atoms with Crippen molar-refractivity contribution in [1.82, 2.24) is 9.88 Å². The van der Waals surface area contributed by atoms with E-state index in [1.807, 2.05) is 6.07 Å². The molecule has 1 aromatic heterocycles. The molecule has 0 saturated carbocycles. The molecule has 80 valence electrons. The van der Waals surface area contributed by atoms with E-state index in [4.69, 9.17) is 10.4 Å². The van der Waals surface area contributed by atoms with E-state index in [0.717, 1.165) is 6.54 Å². The normalized spacial score (nSPS) is 20.6. The second-order valence-electron chi connectivity index (χ2n) is 3.59. The molecule has 0 amide bonds. The highest BCUT2D eigenvalue weighted by Crippen LogP contribution is 2.29. The van der Waals surface area contributed by atoms with Gasteiger partial charge in [-0.05, 0) is 32.0 Å². The summed E-state index contributed by atoms with van der Waals surface area (Å²) in [6, 6.07) is 4.10. The van der Waals surface area contributed by atoms with Crippen LogP contribution in [-0.4, -0.2) is 28.6 Å². The van der Waals surface area contributed by atoms with Crippen molar-refractivity contribution < 1.29 is 5.11 Å². The summed E-state index contributed by atoms with van der Waals surface area (Å²) in [6.45, 7) is 4.66. The Morgan fingerprint density at radius 1 is 1.53 bits per heavy atom. The molecule has 4 nitrogen and oxygen atoms in total. The van der Waals surface area contributed by atoms with Crippen molar-refractivity contribution in [3.8, 4) is 12.5 Å². The van der Waals surface area contributed by atoms with Gasteiger partial charge in [0.2, 0.25) is 5.88 Å². The Morgan fingerprint density at radius 3 is 2.73 bits per heavy atom. The van der Waals surface area contributed by atoms with Crippen molar-refractivity contribution in [3.63, 3.8) is 0 Å². The van der Waals surface area contributed by atoms with E-state index in [2.05, 4.69) is 23.5 Å². The van der Waals surface area contributed by atoms with Gasteiger partial charge in [-0.3, -0.25) is 4.90 Å². The van der Waals surface area contributed by atoms with Gasteiger partial charge in [0.15, 0.2) is 0 Å². The van der Waals surface area contributed by atoms with Crippen LogP contribution in [0.5, 0.6) is 5.88 Å². The minimum Gasteiger partial charge on any atom is -0.493 e. The molecule has 1 aliphatic heterocycles. The molecule has 1 N–H and O–H groups in total. The minimum absolute atomic E-state index is 0.101. The van der Waals surface area contributed by atoms with Crippen LogP contribution in [-0.2, 0) is 0 Å². The van der Waals surface area contributed by atoms with Crippen LogP contribution >= 0.6 is 0 Å². The number of nitrogens with zero attached hydrogens (tertiary/aromatic N) is 3. The Labute approximate surface area is 89.8 Å². The predicted octanol–water partition coefficient (Wildman–Crippen LogP) is 1.69. The molecule has 2 rings (SSSR count). The van der Waals surface area contributed by atoms with Crippen LogP contribution in [0.1, 0.15) is 24.4 Å². The van der Waals surface area contributed by atoms with Crippen LogP contribution in [0.3, 0.4) is 0 Å². The van der Waals surface area contributed by atoms with Gasteiger partial charge in [-0.25, -0.2) is 10.2 Å². The lowest BCUT2D eigenvalue weighted by Gasteiger charge is -2.18. The molecule has 1 aromatic rings. The van der Waals surface area contributed by atoms with E-state index in [1.54, 1.807) is 12.3 Å². The number of hydrogen-bond donors (Lipinski definition) is 1. The third-order valence-corrected chi connectivity index (χ3v) is 2.68. The molecule has 1 unspecified atom stereocenters. The average Bonchev–Trinajstić information content (AvgIpc) is 2.69. The molecule has 0 bridgehead atoms. The Balaban J connectivity index is 0.000000531. The van der Waals surface area contributed by atoms with Crippen LogP contribution in [0, 0.1) is 11.8 Å². The summed E-state index contributed by atoms with van der Waals surface area (Å²) in [7, 11) is 2.13. The van der Waals surface area contributed by atoms with Gasteiger partial charge in [0.25, 0.3) is 0 Å². The molecule has 1 aliphatic rings. The molecular formula is C11H15N3O. The van der Waals surface area contributed by atoms with Gasteiger partial charge in [-0.15, -0.1) is 0 Å². The van der Waals surface area contributed by atoms with E-state index in [9.17, 15) is 0 Å². The largest absolute Gasteiger partial charge is 0.493 e. The van der Waals surface area contributed by atoms with E-state index in [1.165, 1.54) is 18.4 Å². The van der Waals surface area contributed by atoms with Gasteiger partial charge in [0.05, 0.1) is 0 Å². The molecule has 0 aromatic carbocycles. The van der Waals surface area contributed by atoms with Crippen LogP contribution < -0.4 is 0 Å². The standard InChI is InChI=1S/C10H14N2O.CHN/c1-12-6-2-3-9(12)8-4-5-10(13)11-7-8;1-2/h4-5,7,9H,2-3,6H2,1H3,(H,11,13);1H. The van der Waals surface area contributed by atoms with Gasteiger partial charge < -0.3 is 5.11 Å². The number of hydrogen-bond acceptors (Lipinski definition) is 4. The summed E-state index contributed by atoms with van der Waals surface area (Å²) in [5, 5.41) is 15.5. The third-order valence-electron chi connectivity index (χ3n) is 2.68. The van der Waals surface area contributed by atoms with Crippen molar-refractivity contribution >= 4 is 0 Å². The molecule has 1 saturated heterocycles. The summed E-state index contributed by atoms with van der Waals surface area (Å²) >= 11 is 0. The van der Waals surface area contributed by atoms with Gasteiger partial charge in [0.1, 0.15) is 0 Å². The number of aromatic hydroxyl groups is 1. The number of likely N-dealkylation sites (tertiary alicyclic amines) is 1. The smallest absolute Gasteiger partial charge is 0.210 e. The van der Waals surface area contributed by atoms with Crippen LogP contribution in [0.4, 0.5) is 0 Å². The number of nitriles is 1. The number of aromatic nitrogens is 1. The number of pyridine rings is 1. The summed E-state index contributed by atoms with van der Waals surface area (Å²) in [6.07, 6.45) is 4.22. The molecule has 15 heavy (non-hydrogen) atoms. The first kappa shape index (κ1) is 11.5. The summed E-state index contributed by atoms with van der Waals surface area (Å²) < 4.78 is 0. The maximum Gasteiger partial charge on any atom is 0.210 e. The lowest BCUT2D eigenvalue weighted by molar-refractivity contribution is 0.316. The van der Waals surface area contributed by atoms with Gasteiger partial charge in [-0.2, -0.15) is 0 Å². The van der Waals surface area contributed by atoms with Gasteiger partial charge in [0, 0.05) is 24.9 Å². The van der Waals surface area contributed by atoms with Crippen LogP contribution in [0.25, 0.3) is 0 Å². The first-order chi connectivity index (χ1) is 7.27. The highest BCUT2D eigenvalue weighted by atomic mass is 16.3. The number of rotatable bonds is 1. The first-order valence-electron chi connectivity index (χ1n) is 4.88. The molecule has 0 radical (unpaired) electrons. The van der Waals surface area contributed by atoms with Crippen molar-refractivity contribution in [2.75, 3.05) is 13.6 Å². The van der Waals surface area contributed by atoms with Crippen LogP contribution in [0.15, 0.2) is 18.3 Å². The Kier molecular flexibility index (Phi) is 4.07. The van der Waals surface area contributed by atoms with E-state index in [-0.39, 0.29) is 5.88 Å². The Bertz CT molecular complexity index is 320. The predicted molar refractivity (Wildman–Crippen MR) is 57.2 cm³/mol. The fourth-order valence-corrected chi connectivity index (χ4v) is 1.93. The fraction of sp³-hybridized carbons (Fsp3) is 0.455. The molecule has 1 fully saturated rings. The average molecular weight is 205 g/mol. The topological polar surface area (TPSA) is 60.2 Å². The maximum absolute atomic E-state index is 9.04. The lowest BCUT2D eigenvalue weighted by atomic mass is 10.1. The zero-order chi connectivity index (χ0) is 11.3. The third kappa shape index (κ3) is 2.67. The Morgan fingerprint density at radius 2 is 2.27 bits per heavy atom. The maximum atomic E-state index is 9.04. The minimum atomic E-state index is 0.101. The van der Waals surface area contributed by atoms with Crippen LogP contribution in [0.2, 0.25) is 0 Å². The van der Waals surface area contributed by atoms with Crippen molar-refractivity contribution in [2.45, 2.75) is 18.9 Å². The Hall–Kier alpha value is -1.60. The highest BCUT2D eigenvalue weighted by Gasteiger charge is 2.22. The second kappa shape index (κ2) is 5.32. The van der Waals surface area contributed by atoms with Gasteiger partial charge in [-0.1, -0.05) is 6.07 Å². The molecular weight excluding hydrogens is 190 g/mol. The van der Waals surface area contributed by atoms with E-state index in [0.29, 0.717) is 6.04 Å². The zero-order valence-corrected chi connectivity index (χ0v) is 8.80. The van der Waals surface area contributed by atoms with Gasteiger partial charge >= 0.3 is 0 Å². The quantitative estimate of drug-likeness (QED) is 0.758. The second-order valence-corrected chi connectivity index (χ2v) is 3.59. The van der Waals surface area contributed by atoms with E-state index < -0.39 is 0 Å². The van der Waals surface area contributed by atoms with Crippen molar-refractivity contribution in [1.29, 1.82) is 5.26 Å². The summed E-state index contributed by atoms with van der Waals surface area (Å²) in [5.74, 6) is 0.101. The monoisotopic (exact) mass is 205 g/mol. The molecule has 0 aliphatic carbocycles. The van der Waals surface area contributed by atoms with E-state index >= 15 is 0 Å². The first-order valence-corrected chi connectivity index (χ1v) is 4.88. The van der Waals surface area contributed by atoms with Crippen molar-refractivity contribution in [3.05, 3.63) is 23.9 Å². The summed E-state index contributed by atoms with van der Waals surface area (Å²) in [5.41, 5.74) is 1.21. The lowest BCUT2D eigenvalue weighted by Crippen LogP contribution is -2.17. The zero-order valence-electron chi connectivity index (χ0n) is 8.80. The SMILES string of the molecule is C#N.CN1CCCC1c1ccc(O)nc1. The highest BCUT2D eigenvalue weighted by molar-refractivity contribution is 5.20. The fourth-order valence-electron chi connectivity index (χ4n) is 1.93. The summed E-state index contributed by atoms with van der Waals surface area (Å²) in [4.78, 5) is 6.21.